The number of furan rings is 1. The van der Waals surface area contributed by atoms with Crippen LogP contribution in [-0.2, 0) is 22.7 Å². The molecule has 0 atom stereocenters. The molecule has 40 heavy (non-hydrogen) atoms. The van der Waals surface area contributed by atoms with Crippen molar-refractivity contribution in [2.45, 2.75) is 76.0 Å². The molecule has 2 amide bonds. The number of para-hydroxylation sites is 1. The second-order valence-electron chi connectivity index (χ2n) is 10.8. The Morgan fingerprint density at radius 1 is 1.05 bits per heavy atom. The average Bonchev–Trinajstić information content (AvgIpc) is 3.51. The number of amides is 2. The normalized spacial score (nSPS) is 19.2. The number of aromatic nitrogens is 2. The van der Waals surface area contributed by atoms with Crippen molar-refractivity contribution in [3.63, 3.8) is 0 Å². The Morgan fingerprint density at radius 3 is 2.67 bits per heavy atom. The van der Waals surface area contributed by atoms with Crippen LogP contribution < -0.4 is 16.2 Å². The average molecular weight is 563 g/mol. The van der Waals surface area contributed by atoms with Gasteiger partial charge in [-0.1, -0.05) is 35.5 Å². The van der Waals surface area contributed by atoms with Crippen LogP contribution in [0.25, 0.3) is 10.9 Å². The van der Waals surface area contributed by atoms with Gasteiger partial charge in [0.15, 0.2) is 5.16 Å². The Labute approximate surface area is 239 Å². The maximum Gasteiger partial charge on any atom is 0.262 e. The minimum atomic E-state index is -0.0731. The predicted molar refractivity (Wildman–Crippen MR) is 157 cm³/mol. The number of carbonyl (C=O) groups excluding carboxylic acids is 2. The molecule has 0 bridgehead atoms. The van der Waals surface area contributed by atoms with Gasteiger partial charge < -0.3 is 15.1 Å². The van der Waals surface area contributed by atoms with Gasteiger partial charge in [-0.2, -0.15) is 0 Å². The number of hydrogen-bond acceptors (Lipinski definition) is 6. The minimum Gasteiger partial charge on any atom is -0.467 e. The van der Waals surface area contributed by atoms with Crippen molar-refractivity contribution in [2.24, 2.45) is 11.8 Å². The van der Waals surface area contributed by atoms with E-state index in [2.05, 4.69) is 16.7 Å². The summed E-state index contributed by atoms with van der Waals surface area (Å²) >= 11 is 1.32. The number of rotatable bonds is 11. The monoisotopic (exact) mass is 562 g/mol. The number of nitrogens with one attached hydrogen (secondary N) is 2. The molecule has 9 heteroatoms. The van der Waals surface area contributed by atoms with Crippen LogP contribution in [-0.4, -0.2) is 33.7 Å². The second kappa shape index (κ2) is 13.8. The molecule has 0 unspecified atom stereocenters. The fraction of sp³-hybridized carbons (Fsp3) is 0.484. The zero-order chi connectivity index (χ0) is 27.7. The molecule has 0 spiro atoms. The number of nitrogens with zero attached hydrogens (tertiary/aromatic N) is 2. The van der Waals surface area contributed by atoms with Gasteiger partial charge in [0.2, 0.25) is 11.8 Å². The van der Waals surface area contributed by atoms with Gasteiger partial charge in [-0.3, -0.25) is 19.0 Å². The van der Waals surface area contributed by atoms with Gasteiger partial charge in [0.05, 0.1) is 29.5 Å². The summed E-state index contributed by atoms with van der Waals surface area (Å²) in [6, 6.07) is 11.0. The van der Waals surface area contributed by atoms with E-state index in [1.807, 2.05) is 36.4 Å². The molecule has 2 aliphatic rings. The largest absolute Gasteiger partial charge is 0.467 e. The Balaban J connectivity index is 1.18. The third-order valence-electron chi connectivity index (χ3n) is 7.99. The van der Waals surface area contributed by atoms with Gasteiger partial charge in [-0.25, -0.2) is 4.98 Å². The summed E-state index contributed by atoms with van der Waals surface area (Å²) in [4.78, 5) is 43.6. The van der Waals surface area contributed by atoms with E-state index in [4.69, 9.17) is 9.40 Å². The zero-order valence-corrected chi connectivity index (χ0v) is 23.7. The number of allylic oxidation sites excluding steroid dienone is 1. The summed E-state index contributed by atoms with van der Waals surface area (Å²) in [7, 11) is 0. The second-order valence-corrected chi connectivity index (χ2v) is 11.8. The van der Waals surface area contributed by atoms with Gasteiger partial charge in [-0.15, -0.1) is 0 Å². The Bertz CT molecular complexity index is 1390. The molecular formula is C31H38N4O4S. The maximum absolute atomic E-state index is 13.5. The molecule has 2 heterocycles. The van der Waals surface area contributed by atoms with Crippen LogP contribution in [0.4, 0.5) is 0 Å². The molecule has 2 N–H and O–H groups in total. The lowest BCUT2D eigenvalue weighted by Gasteiger charge is -2.28. The van der Waals surface area contributed by atoms with E-state index >= 15 is 0 Å². The molecule has 0 radical (unpaired) electrons. The third-order valence-corrected chi connectivity index (χ3v) is 8.96. The summed E-state index contributed by atoms with van der Waals surface area (Å²) in [6.07, 6.45) is 12.9. The predicted octanol–water partition coefficient (Wildman–Crippen LogP) is 5.21. The van der Waals surface area contributed by atoms with Crippen molar-refractivity contribution in [1.29, 1.82) is 0 Å². The highest BCUT2D eigenvalue weighted by molar-refractivity contribution is 7.99. The van der Waals surface area contributed by atoms with E-state index in [0.29, 0.717) is 35.7 Å². The van der Waals surface area contributed by atoms with Gasteiger partial charge in [0.25, 0.3) is 5.56 Å². The fourth-order valence-electron chi connectivity index (χ4n) is 5.69. The SMILES string of the molecule is O=C(CSc1nc2ccccc2c(=O)n1CC1CCC(C(=O)NCc2ccco2)CC1)NCCC1=CCCCC1. The molecule has 0 aliphatic heterocycles. The van der Waals surface area contributed by atoms with Crippen LogP contribution in [0.15, 0.2) is 68.7 Å². The molecule has 2 aromatic heterocycles. The highest BCUT2D eigenvalue weighted by Gasteiger charge is 2.27. The topological polar surface area (TPSA) is 106 Å². The summed E-state index contributed by atoms with van der Waals surface area (Å²) < 4.78 is 7.05. The van der Waals surface area contributed by atoms with Crippen LogP contribution in [0.5, 0.6) is 0 Å². The van der Waals surface area contributed by atoms with Gasteiger partial charge >= 0.3 is 0 Å². The molecule has 0 saturated heterocycles. The molecule has 3 aromatic rings. The lowest BCUT2D eigenvalue weighted by atomic mass is 9.81. The van der Waals surface area contributed by atoms with Crippen molar-refractivity contribution in [2.75, 3.05) is 12.3 Å². The van der Waals surface area contributed by atoms with E-state index in [-0.39, 0.29) is 35.0 Å². The molecule has 8 nitrogen and oxygen atoms in total. The zero-order valence-electron chi connectivity index (χ0n) is 22.9. The first-order chi connectivity index (χ1) is 19.6. The van der Waals surface area contributed by atoms with E-state index in [1.54, 1.807) is 10.8 Å². The van der Waals surface area contributed by atoms with Crippen molar-refractivity contribution >= 4 is 34.5 Å². The van der Waals surface area contributed by atoms with Crippen molar-refractivity contribution < 1.29 is 14.0 Å². The Kier molecular flexibility index (Phi) is 9.76. The molecular weight excluding hydrogens is 524 g/mol. The Morgan fingerprint density at radius 2 is 1.90 bits per heavy atom. The standard InChI is InChI=1S/C31H38N4O4S/c36-28(32-17-16-22-7-2-1-3-8-22)21-40-31-34-27-11-5-4-10-26(27)30(38)35(31)20-23-12-14-24(15-13-23)29(37)33-19-25-9-6-18-39-25/h4-7,9-11,18,23-24H,1-3,8,12-17,19-21H2,(H,32,36)(H,33,37). The maximum atomic E-state index is 13.5. The number of thioether (sulfide) groups is 1. The molecule has 1 aromatic carbocycles. The molecule has 1 fully saturated rings. The van der Waals surface area contributed by atoms with E-state index in [0.717, 1.165) is 50.7 Å². The molecule has 5 rings (SSSR count). The lowest BCUT2D eigenvalue weighted by molar-refractivity contribution is -0.126. The number of hydrogen-bond donors (Lipinski definition) is 2. The van der Waals surface area contributed by atoms with Crippen LogP contribution in [0.1, 0.15) is 63.5 Å². The smallest absolute Gasteiger partial charge is 0.262 e. The van der Waals surface area contributed by atoms with E-state index in [1.165, 1.54) is 30.2 Å². The molecule has 1 saturated carbocycles. The van der Waals surface area contributed by atoms with Crippen molar-refractivity contribution in [3.8, 4) is 0 Å². The number of carbonyl (C=O) groups is 2. The van der Waals surface area contributed by atoms with Crippen LogP contribution in [0.3, 0.4) is 0 Å². The van der Waals surface area contributed by atoms with Gasteiger partial charge in [-0.05, 0) is 88.0 Å². The first kappa shape index (κ1) is 28.2. The van der Waals surface area contributed by atoms with E-state index < -0.39 is 0 Å². The lowest BCUT2D eigenvalue weighted by Crippen LogP contribution is -2.34. The summed E-state index contributed by atoms with van der Waals surface area (Å²) in [5.74, 6) is 1.21. The van der Waals surface area contributed by atoms with E-state index in [9.17, 15) is 14.4 Å². The van der Waals surface area contributed by atoms with Crippen molar-refractivity contribution in [3.05, 3.63) is 70.4 Å². The number of benzene rings is 1. The number of fused-ring (bicyclic) bond motifs is 1. The summed E-state index contributed by atoms with van der Waals surface area (Å²) in [5.41, 5.74) is 2.01. The van der Waals surface area contributed by atoms with Crippen LogP contribution >= 0.6 is 11.8 Å². The van der Waals surface area contributed by atoms with Crippen LogP contribution in [0, 0.1) is 11.8 Å². The fourth-order valence-corrected chi connectivity index (χ4v) is 6.53. The molecule has 212 valence electrons. The third kappa shape index (κ3) is 7.44. The van der Waals surface area contributed by atoms with Gasteiger partial charge in [0, 0.05) is 19.0 Å². The molecule has 2 aliphatic carbocycles. The van der Waals surface area contributed by atoms with Crippen molar-refractivity contribution in [1.82, 2.24) is 20.2 Å². The Hall–Kier alpha value is -3.33. The summed E-state index contributed by atoms with van der Waals surface area (Å²) in [6.45, 7) is 1.58. The first-order valence-electron chi connectivity index (χ1n) is 14.4. The first-order valence-corrected chi connectivity index (χ1v) is 15.4. The minimum absolute atomic E-state index is 0.0282. The van der Waals surface area contributed by atoms with Crippen LogP contribution in [0.2, 0.25) is 0 Å². The highest BCUT2D eigenvalue weighted by Crippen LogP contribution is 2.31. The van der Waals surface area contributed by atoms with Gasteiger partial charge in [0.1, 0.15) is 5.76 Å². The summed E-state index contributed by atoms with van der Waals surface area (Å²) in [5, 5.41) is 7.17. The quantitative estimate of drug-likeness (QED) is 0.189. The highest BCUT2D eigenvalue weighted by atomic mass is 32.2.